The summed E-state index contributed by atoms with van der Waals surface area (Å²) < 4.78 is 0. The van der Waals surface area contributed by atoms with Crippen molar-refractivity contribution in [3.63, 3.8) is 0 Å². The molecule has 0 unspecified atom stereocenters. The first-order valence-electron chi connectivity index (χ1n) is 4.93. The number of carbonyl (C=O) groups is 1. The summed E-state index contributed by atoms with van der Waals surface area (Å²) in [6, 6.07) is 0. The highest BCUT2D eigenvalue weighted by atomic mass is 16.1. The molecule has 0 aromatic carbocycles. The molecule has 0 spiro atoms. The Morgan fingerprint density at radius 2 is 2.40 bits per heavy atom. The molecule has 2 rings (SSSR count). The van der Waals surface area contributed by atoms with Gasteiger partial charge in [-0.05, 0) is 12.5 Å². The smallest absolute Gasteiger partial charge is 0.247 e. The summed E-state index contributed by atoms with van der Waals surface area (Å²) in [5, 5.41) is 5.93. The van der Waals surface area contributed by atoms with Gasteiger partial charge in [0.15, 0.2) is 0 Å². The number of carbonyl (C=O) groups excluding carboxylic acids is 1. The fourth-order valence-electron chi connectivity index (χ4n) is 1.37. The third kappa shape index (κ3) is 2.24. The minimum absolute atomic E-state index is 0.0112. The van der Waals surface area contributed by atoms with Crippen molar-refractivity contribution in [2.75, 3.05) is 13.1 Å². The first-order valence-corrected chi connectivity index (χ1v) is 4.93. The topological polar surface area (TPSA) is 69.8 Å². The van der Waals surface area contributed by atoms with Crippen LogP contribution in [0.3, 0.4) is 0 Å². The van der Waals surface area contributed by atoms with Crippen LogP contribution in [0.1, 0.15) is 12.7 Å². The molecule has 1 fully saturated rings. The number of rotatable bonds is 3. The zero-order chi connectivity index (χ0) is 10.7. The normalized spacial score (nSPS) is 14.6. The monoisotopic (exact) mass is 206 g/mol. The van der Waals surface area contributed by atoms with Crippen LogP contribution in [0.2, 0.25) is 0 Å². The van der Waals surface area contributed by atoms with E-state index in [0.29, 0.717) is 6.54 Å². The zero-order valence-electron chi connectivity index (χ0n) is 8.63. The van der Waals surface area contributed by atoms with Crippen molar-refractivity contribution >= 4 is 5.91 Å². The molecule has 80 valence electrons. The van der Waals surface area contributed by atoms with E-state index in [1.54, 1.807) is 12.4 Å². The number of hydrogen-bond acceptors (Lipinski definition) is 3. The van der Waals surface area contributed by atoms with Crippen molar-refractivity contribution < 1.29 is 4.79 Å². The molecular weight excluding hydrogens is 192 g/mol. The Bertz CT molecular complexity index is 374. The van der Waals surface area contributed by atoms with E-state index in [1.807, 2.05) is 6.92 Å². The third-order valence-corrected chi connectivity index (χ3v) is 2.52. The van der Waals surface area contributed by atoms with Crippen LogP contribution in [0.4, 0.5) is 0 Å². The van der Waals surface area contributed by atoms with Crippen LogP contribution in [0.15, 0.2) is 23.5 Å². The molecule has 0 saturated carbocycles. The van der Waals surface area contributed by atoms with Crippen LogP contribution in [0.5, 0.6) is 0 Å². The molecule has 1 aliphatic heterocycles. The first-order chi connectivity index (χ1) is 7.27. The summed E-state index contributed by atoms with van der Waals surface area (Å²) in [6.07, 6.45) is 3.41. The summed E-state index contributed by atoms with van der Waals surface area (Å²) >= 11 is 0. The molecular formula is C10H14N4O. The van der Waals surface area contributed by atoms with Gasteiger partial charge in [0.1, 0.15) is 5.82 Å². The SMILES string of the molecule is CC(C(=O)NCc1ncc[nH]1)=C1CNC1. The third-order valence-electron chi connectivity index (χ3n) is 2.52. The maximum atomic E-state index is 11.6. The predicted octanol–water partition coefficient (Wildman–Crippen LogP) is -0.0544. The second-order valence-corrected chi connectivity index (χ2v) is 3.55. The fourth-order valence-corrected chi connectivity index (χ4v) is 1.37. The number of nitrogens with one attached hydrogen (secondary N) is 3. The van der Waals surface area contributed by atoms with Gasteiger partial charge in [-0.15, -0.1) is 0 Å². The van der Waals surface area contributed by atoms with E-state index < -0.39 is 0 Å². The number of amides is 1. The Morgan fingerprint density at radius 3 is 2.93 bits per heavy atom. The van der Waals surface area contributed by atoms with Gasteiger partial charge in [-0.3, -0.25) is 4.79 Å². The van der Waals surface area contributed by atoms with Crippen LogP contribution in [0.25, 0.3) is 0 Å². The average molecular weight is 206 g/mol. The molecule has 0 radical (unpaired) electrons. The Labute approximate surface area is 88.0 Å². The maximum Gasteiger partial charge on any atom is 0.247 e. The highest BCUT2D eigenvalue weighted by Crippen LogP contribution is 2.08. The highest BCUT2D eigenvalue weighted by Gasteiger charge is 2.15. The number of imidazole rings is 1. The van der Waals surface area contributed by atoms with Crippen molar-refractivity contribution in [1.82, 2.24) is 20.6 Å². The molecule has 1 aliphatic rings. The van der Waals surface area contributed by atoms with Crippen molar-refractivity contribution in [2.45, 2.75) is 13.5 Å². The first kappa shape index (κ1) is 9.92. The van der Waals surface area contributed by atoms with E-state index in [2.05, 4.69) is 20.6 Å². The van der Waals surface area contributed by atoms with Crippen molar-refractivity contribution in [2.24, 2.45) is 0 Å². The Hall–Kier alpha value is -1.62. The van der Waals surface area contributed by atoms with Gasteiger partial charge in [-0.2, -0.15) is 0 Å². The number of nitrogens with zero attached hydrogens (tertiary/aromatic N) is 1. The van der Waals surface area contributed by atoms with E-state index in [1.165, 1.54) is 5.57 Å². The quantitative estimate of drug-likeness (QED) is 0.607. The molecule has 0 bridgehead atoms. The largest absolute Gasteiger partial charge is 0.347 e. The Morgan fingerprint density at radius 1 is 1.60 bits per heavy atom. The summed E-state index contributed by atoms with van der Waals surface area (Å²) in [4.78, 5) is 18.6. The second-order valence-electron chi connectivity index (χ2n) is 3.55. The lowest BCUT2D eigenvalue weighted by Crippen LogP contribution is -2.37. The molecule has 3 N–H and O–H groups in total. The molecule has 1 aromatic heterocycles. The predicted molar refractivity (Wildman–Crippen MR) is 56.0 cm³/mol. The molecule has 15 heavy (non-hydrogen) atoms. The van der Waals surface area contributed by atoms with Gasteiger partial charge in [-0.25, -0.2) is 4.98 Å². The summed E-state index contributed by atoms with van der Waals surface area (Å²) in [5.74, 6) is 0.760. The fraction of sp³-hybridized carbons (Fsp3) is 0.400. The molecule has 5 heteroatoms. The van der Waals surface area contributed by atoms with E-state index in [-0.39, 0.29) is 5.91 Å². The Kier molecular flexibility index (Phi) is 2.82. The van der Waals surface area contributed by atoms with Gasteiger partial charge in [0, 0.05) is 31.1 Å². The average Bonchev–Trinajstić information content (AvgIpc) is 2.63. The van der Waals surface area contributed by atoms with Crippen LogP contribution in [0, 0.1) is 0 Å². The molecule has 1 saturated heterocycles. The molecule has 1 aromatic rings. The molecule has 2 heterocycles. The minimum atomic E-state index is -0.0112. The molecule has 0 aliphatic carbocycles. The van der Waals surface area contributed by atoms with Crippen molar-refractivity contribution in [1.29, 1.82) is 0 Å². The lowest BCUT2D eigenvalue weighted by molar-refractivity contribution is -0.117. The van der Waals surface area contributed by atoms with Gasteiger partial charge in [-0.1, -0.05) is 0 Å². The molecule has 1 amide bonds. The number of hydrogen-bond donors (Lipinski definition) is 3. The zero-order valence-corrected chi connectivity index (χ0v) is 8.63. The maximum absolute atomic E-state index is 11.6. The van der Waals surface area contributed by atoms with Gasteiger partial charge < -0.3 is 15.6 Å². The van der Waals surface area contributed by atoms with Crippen LogP contribution < -0.4 is 10.6 Å². The standard InChI is InChI=1S/C10H14N4O/c1-7(8-4-11-5-8)10(15)14-6-9-12-2-3-13-9/h2-3,11H,4-6H2,1H3,(H,12,13)(H,14,15). The highest BCUT2D eigenvalue weighted by molar-refractivity contribution is 5.93. The van der Waals surface area contributed by atoms with Crippen molar-refractivity contribution in [3.05, 3.63) is 29.4 Å². The summed E-state index contributed by atoms with van der Waals surface area (Å²) in [5.41, 5.74) is 2.01. The van der Waals surface area contributed by atoms with Crippen LogP contribution in [-0.4, -0.2) is 29.0 Å². The van der Waals surface area contributed by atoms with Gasteiger partial charge in [0.2, 0.25) is 5.91 Å². The lowest BCUT2D eigenvalue weighted by atomic mass is 10.0. The molecule has 5 nitrogen and oxygen atoms in total. The number of H-pyrrole nitrogens is 1. The van der Waals surface area contributed by atoms with E-state index >= 15 is 0 Å². The Balaban J connectivity index is 1.87. The number of aromatic amines is 1. The van der Waals surface area contributed by atoms with E-state index in [0.717, 1.165) is 24.5 Å². The van der Waals surface area contributed by atoms with Crippen LogP contribution >= 0.6 is 0 Å². The minimum Gasteiger partial charge on any atom is -0.347 e. The number of aromatic nitrogens is 2. The van der Waals surface area contributed by atoms with Gasteiger partial charge in [0.25, 0.3) is 0 Å². The summed E-state index contributed by atoms with van der Waals surface area (Å²) in [7, 11) is 0. The lowest BCUT2D eigenvalue weighted by Gasteiger charge is -2.21. The van der Waals surface area contributed by atoms with Crippen molar-refractivity contribution in [3.8, 4) is 0 Å². The van der Waals surface area contributed by atoms with E-state index in [9.17, 15) is 4.79 Å². The second kappa shape index (κ2) is 4.27. The van der Waals surface area contributed by atoms with Gasteiger partial charge in [0.05, 0.1) is 6.54 Å². The van der Waals surface area contributed by atoms with Crippen LogP contribution in [-0.2, 0) is 11.3 Å². The summed E-state index contributed by atoms with van der Waals surface area (Å²) in [6.45, 7) is 3.97. The molecule has 0 atom stereocenters. The van der Waals surface area contributed by atoms with Gasteiger partial charge >= 0.3 is 0 Å². The van der Waals surface area contributed by atoms with E-state index in [4.69, 9.17) is 0 Å².